The first-order valence-electron chi connectivity index (χ1n) is 6.24. The number of rotatable bonds is 6. The first-order valence-corrected chi connectivity index (χ1v) is 7.89. The highest BCUT2D eigenvalue weighted by Crippen LogP contribution is 2.19. The molecule has 0 heterocycles. The highest BCUT2D eigenvalue weighted by Gasteiger charge is 2.24. The lowest BCUT2D eigenvalue weighted by molar-refractivity contribution is -0.120. The Kier molecular flexibility index (Phi) is 4.08. The molecule has 0 bridgehead atoms. The molecule has 20 heavy (non-hydrogen) atoms. The van der Waals surface area contributed by atoms with Gasteiger partial charge in [0.1, 0.15) is 0 Å². The number of carbonyl (C=O) groups excluding carboxylic acids is 1. The van der Waals surface area contributed by atoms with Gasteiger partial charge in [-0.1, -0.05) is 0 Å². The normalized spacial score (nSPS) is 14.8. The molecule has 1 saturated carbocycles. The van der Waals surface area contributed by atoms with Crippen molar-refractivity contribution in [3.05, 3.63) is 29.8 Å². The van der Waals surface area contributed by atoms with Gasteiger partial charge >= 0.3 is 5.97 Å². The maximum atomic E-state index is 12.0. The summed E-state index contributed by atoms with van der Waals surface area (Å²) in [7, 11) is -3.57. The molecule has 1 aliphatic rings. The first kappa shape index (κ1) is 14.5. The minimum absolute atomic E-state index is 0.0235. The molecular formula is C13H15NO5S. The van der Waals surface area contributed by atoms with Crippen LogP contribution < -0.4 is 5.32 Å². The molecule has 1 aliphatic carbocycles. The van der Waals surface area contributed by atoms with Crippen molar-refractivity contribution in [3.8, 4) is 0 Å². The lowest BCUT2D eigenvalue weighted by atomic mass is 10.2. The van der Waals surface area contributed by atoms with E-state index >= 15 is 0 Å². The molecule has 1 aromatic rings. The predicted molar refractivity (Wildman–Crippen MR) is 71.2 cm³/mol. The summed E-state index contributed by atoms with van der Waals surface area (Å²) in [6, 6.07) is 5.17. The summed E-state index contributed by atoms with van der Waals surface area (Å²) in [4.78, 5) is 22.2. The van der Waals surface area contributed by atoms with E-state index in [-0.39, 0.29) is 34.6 Å². The lowest BCUT2D eigenvalue weighted by Crippen LogP contribution is -2.27. The monoisotopic (exact) mass is 297 g/mol. The van der Waals surface area contributed by atoms with Gasteiger partial charge in [0.25, 0.3) is 0 Å². The number of sulfone groups is 1. The molecule has 0 spiro atoms. The van der Waals surface area contributed by atoms with E-state index in [9.17, 15) is 18.0 Å². The number of benzene rings is 1. The Labute approximate surface area is 116 Å². The van der Waals surface area contributed by atoms with Gasteiger partial charge in [0.15, 0.2) is 9.84 Å². The number of carboxylic acids is 1. The van der Waals surface area contributed by atoms with Gasteiger partial charge in [0.2, 0.25) is 5.91 Å². The highest BCUT2D eigenvalue weighted by molar-refractivity contribution is 7.91. The second kappa shape index (κ2) is 5.62. The fourth-order valence-electron chi connectivity index (χ4n) is 1.68. The number of amides is 1. The van der Waals surface area contributed by atoms with Crippen molar-refractivity contribution in [2.24, 2.45) is 0 Å². The van der Waals surface area contributed by atoms with Gasteiger partial charge in [-0.15, -0.1) is 0 Å². The van der Waals surface area contributed by atoms with Crippen LogP contribution in [0.1, 0.15) is 29.6 Å². The molecule has 0 atom stereocenters. The fourth-order valence-corrected chi connectivity index (χ4v) is 2.92. The average molecular weight is 297 g/mol. The second-order valence-corrected chi connectivity index (χ2v) is 6.85. The van der Waals surface area contributed by atoms with Gasteiger partial charge in [-0.05, 0) is 37.1 Å². The molecule has 6 nitrogen and oxygen atoms in total. The first-order chi connectivity index (χ1) is 9.38. The molecule has 1 aromatic carbocycles. The summed E-state index contributed by atoms with van der Waals surface area (Å²) < 4.78 is 24.0. The number of nitrogens with one attached hydrogen (secondary N) is 1. The Bertz CT molecular complexity index is 617. The maximum absolute atomic E-state index is 12.0. The standard InChI is InChI=1S/C13H15NO5S/c15-12(14-10-3-4-10)7-8-20(18,19)11-5-1-9(2-6-11)13(16)17/h1-2,5-6,10H,3-4,7-8H2,(H,14,15)(H,16,17). The maximum Gasteiger partial charge on any atom is 0.335 e. The molecule has 2 rings (SSSR count). The smallest absolute Gasteiger partial charge is 0.335 e. The summed E-state index contributed by atoms with van der Waals surface area (Å²) in [5, 5.41) is 11.5. The van der Waals surface area contributed by atoms with Gasteiger partial charge in [0.05, 0.1) is 16.2 Å². The third-order valence-corrected chi connectivity index (χ3v) is 4.73. The lowest BCUT2D eigenvalue weighted by Gasteiger charge is -2.05. The average Bonchev–Trinajstić information content (AvgIpc) is 3.20. The van der Waals surface area contributed by atoms with E-state index in [0.717, 1.165) is 12.8 Å². The van der Waals surface area contributed by atoms with Crippen LogP contribution in [0.3, 0.4) is 0 Å². The van der Waals surface area contributed by atoms with Crippen LogP contribution >= 0.6 is 0 Å². The van der Waals surface area contributed by atoms with Crippen LogP contribution in [-0.2, 0) is 14.6 Å². The summed E-state index contributed by atoms with van der Waals surface area (Å²) >= 11 is 0. The molecule has 0 radical (unpaired) electrons. The third kappa shape index (κ3) is 3.80. The molecule has 1 fully saturated rings. The van der Waals surface area contributed by atoms with Gasteiger partial charge in [0, 0.05) is 12.5 Å². The topological polar surface area (TPSA) is 101 Å². The summed E-state index contributed by atoms with van der Waals surface area (Å²) in [6.45, 7) is 0. The SMILES string of the molecule is O=C(CCS(=O)(=O)c1ccc(C(=O)O)cc1)NC1CC1. The van der Waals surface area contributed by atoms with E-state index in [2.05, 4.69) is 5.32 Å². The number of carbonyl (C=O) groups is 2. The molecule has 0 saturated heterocycles. The number of hydrogen-bond acceptors (Lipinski definition) is 4. The Balaban J connectivity index is 1.98. The zero-order valence-electron chi connectivity index (χ0n) is 10.7. The largest absolute Gasteiger partial charge is 0.478 e. The van der Waals surface area contributed by atoms with Crippen molar-refractivity contribution in [1.29, 1.82) is 0 Å². The molecule has 0 aliphatic heterocycles. The summed E-state index contributed by atoms with van der Waals surface area (Å²) in [6.07, 6.45) is 1.82. The van der Waals surface area contributed by atoms with E-state index < -0.39 is 15.8 Å². The van der Waals surface area contributed by atoms with Crippen LogP contribution in [-0.4, -0.2) is 37.2 Å². The quantitative estimate of drug-likeness (QED) is 0.810. The van der Waals surface area contributed by atoms with Crippen molar-refractivity contribution < 1.29 is 23.1 Å². The Morgan fingerprint density at radius 1 is 1.20 bits per heavy atom. The van der Waals surface area contributed by atoms with Crippen LogP contribution in [0.2, 0.25) is 0 Å². The van der Waals surface area contributed by atoms with Crippen LogP contribution in [0.25, 0.3) is 0 Å². The van der Waals surface area contributed by atoms with E-state index in [1.54, 1.807) is 0 Å². The zero-order valence-corrected chi connectivity index (χ0v) is 11.5. The minimum atomic E-state index is -3.57. The minimum Gasteiger partial charge on any atom is -0.478 e. The molecular weight excluding hydrogens is 282 g/mol. The van der Waals surface area contributed by atoms with Gasteiger partial charge in [-0.2, -0.15) is 0 Å². The Hall–Kier alpha value is -1.89. The molecule has 0 aromatic heterocycles. The van der Waals surface area contributed by atoms with Gasteiger partial charge < -0.3 is 10.4 Å². The number of carboxylic acid groups (broad SMARTS) is 1. The second-order valence-electron chi connectivity index (χ2n) is 4.74. The van der Waals surface area contributed by atoms with Crippen LogP contribution in [0.5, 0.6) is 0 Å². The van der Waals surface area contributed by atoms with Crippen LogP contribution in [0, 0.1) is 0 Å². The summed E-state index contributed by atoms with van der Waals surface area (Å²) in [5.74, 6) is -1.66. The van der Waals surface area contributed by atoms with Crippen LogP contribution in [0.15, 0.2) is 29.2 Å². The fraction of sp³-hybridized carbons (Fsp3) is 0.385. The van der Waals surface area contributed by atoms with Crippen molar-refractivity contribution in [3.63, 3.8) is 0 Å². The van der Waals surface area contributed by atoms with E-state index in [0.29, 0.717) is 0 Å². The predicted octanol–water partition coefficient (Wildman–Crippen LogP) is 0.827. The molecule has 0 unspecified atom stereocenters. The van der Waals surface area contributed by atoms with Crippen molar-refractivity contribution in [2.45, 2.75) is 30.2 Å². The van der Waals surface area contributed by atoms with Crippen molar-refractivity contribution >= 4 is 21.7 Å². The van der Waals surface area contributed by atoms with Gasteiger partial charge in [-0.3, -0.25) is 4.79 Å². The number of aromatic carboxylic acids is 1. The zero-order chi connectivity index (χ0) is 14.8. The third-order valence-electron chi connectivity index (χ3n) is 3.00. The highest BCUT2D eigenvalue weighted by atomic mass is 32.2. The van der Waals surface area contributed by atoms with E-state index in [4.69, 9.17) is 5.11 Å². The number of hydrogen-bond donors (Lipinski definition) is 2. The van der Waals surface area contributed by atoms with Gasteiger partial charge in [-0.25, -0.2) is 13.2 Å². The molecule has 7 heteroatoms. The van der Waals surface area contributed by atoms with Crippen molar-refractivity contribution in [1.82, 2.24) is 5.32 Å². The Morgan fingerprint density at radius 2 is 1.80 bits per heavy atom. The van der Waals surface area contributed by atoms with E-state index in [1.807, 2.05) is 0 Å². The molecule has 2 N–H and O–H groups in total. The molecule has 1 amide bonds. The summed E-state index contributed by atoms with van der Waals surface area (Å²) in [5.41, 5.74) is 0.0235. The van der Waals surface area contributed by atoms with Crippen LogP contribution in [0.4, 0.5) is 0 Å². The Morgan fingerprint density at radius 3 is 2.30 bits per heavy atom. The molecule has 108 valence electrons. The van der Waals surface area contributed by atoms with Crippen molar-refractivity contribution in [2.75, 3.05) is 5.75 Å². The van der Waals surface area contributed by atoms with E-state index in [1.165, 1.54) is 24.3 Å².